The first-order valence-corrected chi connectivity index (χ1v) is 8.65. The summed E-state index contributed by atoms with van der Waals surface area (Å²) in [5, 5.41) is 3.51. The van der Waals surface area contributed by atoms with E-state index in [9.17, 15) is 4.79 Å². The molecular formula is C18H20N4O2S. The summed E-state index contributed by atoms with van der Waals surface area (Å²) >= 11 is 1.44. The lowest BCUT2D eigenvalue weighted by atomic mass is 10.1. The second-order valence-corrected chi connectivity index (χ2v) is 6.94. The Balaban J connectivity index is 1.69. The molecule has 0 fully saturated rings. The van der Waals surface area contributed by atoms with Crippen molar-refractivity contribution in [1.82, 2.24) is 4.98 Å². The molecule has 4 N–H and O–H groups in total. The molecule has 0 aliphatic carbocycles. The number of benzene rings is 2. The van der Waals surface area contributed by atoms with Gasteiger partial charge in [-0.05, 0) is 50.1 Å². The molecule has 25 heavy (non-hydrogen) atoms. The van der Waals surface area contributed by atoms with E-state index in [1.165, 1.54) is 11.3 Å². The topological polar surface area (TPSA) is 89.3 Å². The molecular weight excluding hydrogens is 336 g/mol. The molecule has 7 heteroatoms. The third-order valence-electron chi connectivity index (χ3n) is 3.78. The zero-order valence-corrected chi connectivity index (χ0v) is 15.2. The van der Waals surface area contributed by atoms with Crippen molar-refractivity contribution >= 4 is 38.3 Å². The van der Waals surface area contributed by atoms with Crippen molar-refractivity contribution in [1.29, 1.82) is 0 Å². The number of anilines is 2. The summed E-state index contributed by atoms with van der Waals surface area (Å²) in [6.45, 7) is 5.89. The van der Waals surface area contributed by atoms with Crippen LogP contribution in [0.25, 0.3) is 10.2 Å². The van der Waals surface area contributed by atoms with E-state index in [2.05, 4.69) is 15.7 Å². The van der Waals surface area contributed by atoms with E-state index in [1.807, 2.05) is 51.1 Å². The van der Waals surface area contributed by atoms with Gasteiger partial charge in [0.1, 0.15) is 5.75 Å². The zero-order chi connectivity index (χ0) is 18.0. The molecule has 3 rings (SSSR count). The summed E-state index contributed by atoms with van der Waals surface area (Å²) < 4.78 is 6.57. The smallest absolute Gasteiger partial charge is 0.262 e. The molecule has 1 aromatic heterocycles. The fourth-order valence-electron chi connectivity index (χ4n) is 2.63. The molecule has 6 nitrogen and oxygen atoms in total. The Morgan fingerprint density at radius 2 is 2.00 bits per heavy atom. The lowest BCUT2D eigenvalue weighted by Gasteiger charge is -2.10. The van der Waals surface area contributed by atoms with E-state index in [-0.39, 0.29) is 12.5 Å². The molecule has 0 spiro atoms. The van der Waals surface area contributed by atoms with Crippen LogP contribution in [0.2, 0.25) is 0 Å². The Morgan fingerprint density at radius 3 is 2.72 bits per heavy atom. The summed E-state index contributed by atoms with van der Waals surface area (Å²) in [5.74, 6) is 5.92. The largest absolute Gasteiger partial charge is 0.483 e. The highest BCUT2D eigenvalue weighted by Crippen LogP contribution is 2.30. The maximum Gasteiger partial charge on any atom is 0.262 e. The lowest BCUT2D eigenvalue weighted by molar-refractivity contribution is -0.118. The Bertz CT molecular complexity index is 936. The number of aryl methyl sites for hydroxylation is 3. The molecule has 1 amide bonds. The third kappa shape index (κ3) is 3.89. The molecule has 0 unspecified atom stereocenters. The number of hydrazine groups is 1. The second kappa shape index (κ2) is 7.08. The first kappa shape index (κ1) is 17.2. The standard InChI is InChI=1S/C18H20N4O2S/c1-10-4-5-14(11(2)6-10)24-9-16(23)20-13-7-12(3)17-15(8-13)25-18(21-17)22-19/h4-8H,9,19H2,1-3H3,(H,20,23)(H,21,22). The van der Waals surface area contributed by atoms with Gasteiger partial charge < -0.3 is 10.1 Å². The van der Waals surface area contributed by atoms with Crippen LogP contribution in [0.15, 0.2) is 30.3 Å². The number of hydrogen-bond acceptors (Lipinski definition) is 6. The van der Waals surface area contributed by atoms with E-state index in [1.54, 1.807) is 0 Å². The highest BCUT2D eigenvalue weighted by Gasteiger charge is 2.10. The van der Waals surface area contributed by atoms with Crippen molar-refractivity contribution in [3.63, 3.8) is 0 Å². The van der Waals surface area contributed by atoms with Crippen LogP contribution in [0, 0.1) is 20.8 Å². The number of thiazole rings is 1. The minimum absolute atomic E-state index is 0.0424. The van der Waals surface area contributed by atoms with Gasteiger partial charge in [-0.15, -0.1) is 0 Å². The van der Waals surface area contributed by atoms with Crippen LogP contribution in [0.5, 0.6) is 5.75 Å². The lowest BCUT2D eigenvalue weighted by Crippen LogP contribution is -2.20. The number of hydrogen-bond donors (Lipinski definition) is 3. The Labute approximate surface area is 150 Å². The van der Waals surface area contributed by atoms with Crippen molar-refractivity contribution in [2.24, 2.45) is 5.84 Å². The van der Waals surface area contributed by atoms with Crippen LogP contribution in [-0.4, -0.2) is 17.5 Å². The SMILES string of the molecule is Cc1ccc(OCC(=O)Nc2cc(C)c3nc(NN)sc3c2)c(C)c1. The van der Waals surface area contributed by atoms with Crippen LogP contribution in [0.4, 0.5) is 10.8 Å². The highest BCUT2D eigenvalue weighted by atomic mass is 32.1. The minimum Gasteiger partial charge on any atom is -0.483 e. The van der Waals surface area contributed by atoms with Crippen LogP contribution >= 0.6 is 11.3 Å². The summed E-state index contributed by atoms with van der Waals surface area (Å²) in [6.07, 6.45) is 0. The molecule has 3 aromatic rings. The quantitative estimate of drug-likeness (QED) is 0.481. The molecule has 0 aliphatic rings. The number of aromatic nitrogens is 1. The normalized spacial score (nSPS) is 10.7. The van der Waals surface area contributed by atoms with Crippen molar-refractivity contribution in [3.05, 3.63) is 47.0 Å². The number of carbonyl (C=O) groups is 1. The van der Waals surface area contributed by atoms with Crippen LogP contribution < -0.4 is 21.3 Å². The number of amides is 1. The maximum atomic E-state index is 12.2. The van der Waals surface area contributed by atoms with Gasteiger partial charge in [-0.25, -0.2) is 10.8 Å². The van der Waals surface area contributed by atoms with Gasteiger partial charge in [-0.1, -0.05) is 29.0 Å². The van der Waals surface area contributed by atoms with Gasteiger partial charge in [-0.3, -0.25) is 10.2 Å². The molecule has 130 valence electrons. The first-order chi connectivity index (χ1) is 12.0. The molecule has 0 atom stereocenters. The number of fused-ring (bicyclic) bond motifs is 1. The van der Waals surface area contributed by atoms with Crippen molar-refractivity contribution in [3.8, 4) is 5.75 Å². The van der Waals surface area contributed by atoms with E-state index in [0.717, 1.165) is 26.9 Å². The van der Waals surface area contributed by atoms with Gasteiger partial charge in [0.2, 0.25) is 0 Å². The van der Waals surface area contributed by atoms with Crippen molar-refractivity contribution in [2.45, 2.75) is 20.8 Å². The molecule has 0 saturated carbocycles. The number of nitrogens with one attached hydrogen (secondary N) is 2. The highest BCUT2D eigenvalue weighted by molar-refractivity contribution is 7.22. The number of nitrogens with two attached hydrogens (primary N) is 1. The average Bonchev–Trinajstić information content (AvgIpc) is 2.98. The molecule has 0 aliphatic heterocycles. The number of nitrogens with zero attached hydrogens (tertiary/aromatic N) is 1. The Kier molecular flexibility index (Phi) is 4.87. The fourth-order valence-corrected chi connectivity index (χ4v) is 3.53. The van der Waals surface area contributed by atoms with Gasteiger partial charge in [0.15, 0.2) is 11.7 Å². The van der Waals surface area contributed by atoms with E-state index in [4.69, 9.17) is 10.6 Å². The summed E-state index contributed by atoms with van der Waals surface area (Å²) in [4.78, 5) is 16.6. The fraction of sp³-hybridized carbons (Fsp3) is 0.222. The predicted octanol–water partition coefficient (Wildman–Crippen LogP) is 3.52. The third-order valence-corrected chi connectivity index (χ3v) is 4.72. The van der Waals surface area contributed by atoms with Gasteiger partial charge in [0, 0.05) is 5.69 Å². The van der Waals surface area contributed by atoms with Gasteiger partial charge in [0.25, 0.3) is 5.91 Å². The number of carbonyl (C=O) groups excluding carboxylic acids is 1. The first-order valence-electron chi connectivity index (χ1n) is 7.84. The maximum absolute atomic E-state index is 12.2. The number of ether oxygens (including phenoxy) is 1. The minimum atomic E-state index is -0.208. The number of rotatable bonds is 5. The van der Waals surface area contributed by atoms with Gasteiger partial charge >= 0.3 is 0 Å². The molecule has 0 radical (unpaired) electrons. The molecule has 2 aromatic carbocycles. The predicted molar refractivity (Wildman–Crippen MR) is 102 cm³/mol. The summed E-state index contributed by atoms with van der Waals surface area (Å²) in [6, 6.07) is 9.64. The van der Waals surface area contributed by atoms with Crippen LogP contribution in [0.3, 0.4) is 0 Å². The van der Waals surface area contributed by atoms with Gasteiger partial charge in [0.05, 0.1) is 10.2 Å². The van der Waals surface area contributed by atoms with Crippen molar-refractivity contribution in [2.75, 3.05) is 17.3 Å². The van der Waals surface area contributed by atoms with E-state index >= 15 is 0 Å². The Morgan fingerprint density at radius 1 is 1.20 bits per heavy atom. The summed E-state index contributed by atoms with van der Waals surface area (Å²) in [7, 11) is 0. The van der Waals surface area contributed by atoms with Crippen LogP contribution in [-0.2, 0) is 4.79 Å². The monoisotopic (exact) mass is 356 g/mol. The van der Waals surface area contributed by atoms with Gasteiger partial charge in [-0.2, -0.15) is 0 Å². The Hall–Kier alpha value is -2.64. The van der Waals surface area contributed by atoms with E-state index in [0.29, 0.717) is 16.6 Å². The molecule has 0 saturated heterocycles. The van der Waals surface area contributed by atoms with E-state index < -0.39 is 0 Å². The zero-order valence-electron chi connectivity index (χ0n) is 14.3. The second-order valence-electron chi connectivity index (χ2n) is 5.91. The van der Waals surface area contributed by atoms with Crippen LogP contribution in [0.1, 0.15) is 16.7 Å². The average molecular weight is 356 g/mol. The molecule has 0 bridgehead atoms. The van der Waals surface area contributed by atoms with Crippen molar-refractivity contribution < 1.29 is 9.53 Å². The number of nitrogen functional groups attached to an aromatic ring is 1. The molecule has 1 heterocycles. The summed E-state index contributed by atoms with van der Waals surface area (Å²) in [5.41, 5.74) is 7.29.